The van der Waals surface area contributed by atoms with E-state index in [0.717, 1.165) is 32.1 Å². The Kier molecular flexibility index (Phi) is 9.83. The quantitative estimate of drug-likeness (QED) is 0.419. The molecule has 0 radical (unpaired) electrons. The van der Waals surface area contributed by atoms with Crippen molar-refractivity contribution in [1.82, 2.24) is 9.55 Å². The van der Waals surface area contributed by atoms with Crippen molar-refractivity contribution in [2.24, 2.45) is 0 Å². The Balaban J connectivity index is 2.02. The van der Waals surface area contributed by atoms with Crippen molar-refractivity contribution in [1.29, 1.82) is 0 Å². The van der Waals surface area contributed by atoms with Gasteiger partial charge in [-0.05, 0) is 26.7 Å². The van der Waals surface area contributed by atoms with Crippen LogP contribution in [0.2, 0.25) is 0 Å². The van der Waals surface area contributed by atoms with Gasteiger partial charge in [0.25, 0.3) is 0 Å². The summed E-state index contributed by atoms with van der Waals surface area (Å²) in [6.07, 6.45) is 9.10. The first-order valence-electron chi connectivity index (χ1n) is 8.14. The van der Waals surface area contributed by atoms with Crippen LogP contribution in [-0.4, -0.2) is 41.6 Å². The summed E-state index contributed by atoms with van der Waals surface area (Å²) in [6, 6.07) is 0. The van der Waals surface area contributed by atoms with Crippen LogP contribution >= 0.6 is 7.60 Å². The molecule has 0 N–H and O–H groups in total. The fourth-order valence-corrected chi connectivity index (χ4v) is 3.83. The van der Waals surface area contributed by atoms with Crippen LogP contribution in [0, 0.1) is 0 Å². The summed E-state index contributed by atoms with van der Waals surface area (Å²) in [5.74, 6) is 0. The highest BCUT2D eigenvalue weighted by Gasteiger charge is 2.22. The van der Waals surface area contributed by atoms with Crippen molar-refractivity contribution in [2.75, 3.05) is 26.0 Å². The molecule has 0 saturated carbocycles. The van der Waals surface area contributed by atoms with Crippen LogP contribution in [0.3, 0.4) is 0 Å². The number of carbonyl (C=O) groups excluding carboxylic acids is 1. The summed E-state index contributed by atoms with van der Waals surface area (Å²) in [5.41, 5.74) is 0. The molecule has 0 unspecified atom stereocenters. The van der Waals surface area contributed by atoms with Crippen LogP contribution in [0.5, 0.6) is 0 Å². The Labute approximate surface area is 137 Å². The number of imidazole rings is 1. The molecule has 0 saturated heterocycles. The van der Waals surface area contributed by atoms with E-state index >= 15 is 0 Å². The van der Waals surface area contributed by atoms with Gasteiger partial charge in [0.2, 0.25) is 0 Å². The van der Waals surface area contributed by atoms with Crippen LogP contribution in [-0.2, 0) is 18.3 Å². The molecule has 1 aromatic heterocycles. The second kappa shape index (κ2) is 11.4. The van der Waals surface area contributed by atoms with Crippen LogP contribution in [0.1, 0.15) is 46.0 Å². The monoisotopic (exact) mass is 346 g/mol. The molecule has 0 aliphatic rings. The topological polar surface area (TPSA) is 79.7 Å². The maximum Gasteiger partial charge on any atom is 0.419 e. The van der Waals surface area contributed by atoms with Gasteiger partial charge in [-0.1, -0.05) is 19.3 Å². The van der Waals surface area contributed by atoms with Gasteiger partial charge in [0, 0.05) is 12.4 Å². The molecular formula is C15H27N2O5P. The Morgan fingerprint density at radius 1 is 1.09 bits per heavy atom. The minimum absolute atomic E-state index is 0.396. The summed E-state index contributed by atoms with van der Waals surface area (Å²) >= 11 is 0. The largest absolute Gasteiger partial charge is 0.449 e. The average molecular weight is 346 g/mol. The first-order chi connectivity index (χ1) is 11.1. The van der Waals surface area contributed by atoms with E-state index in [1.54, 1.807) is 6.20 Å². The standard InChI is InChI=1S/C15H27N2O5P/c1-3-21-23(19,22-4-2)13-9-7-5-6-8-12-20-15(18)17-11-10-16-14-17/h10-11,14H,3-9,12-13H2,1-2H3. The maximum atomic E-state index is 12.2. The van der Waals surface area contributed by atoms with Crippen molar-refractivity contribution >= 4 is 13.7 Å². The normalized spacial score (nSPS) is 11.6. The van der Waals surface area contributed by atoms with Crippen molar-refractivity contribution in [3.05, 3.63) is 18.7 Å². The van der Waals surface area contributed by atoms with Gasteiger partial charge < -0.3 is 13.8 Å². The summed E-state index contributed by atoms with van der Waals surface area (Å²) in [5, 5.41) is 0. The fraction of sp³-hybridized carbons (Fsp3) is 0.733. The highest BCUT2D eigenvalue weighted by molar-refractivity contribution is 7.53. The highest BCUT2D eigenvalue weighted by Crippen LogP contribution is 2.48. The van der Waals surface area contributed by atoms with Gasteiger partial charge in [-0.3, -0.25) is 4.57 Å². The van der Waals surface area contributed by atoms with E-state index in [1.807, 2.05) is 13.8 Å². The van der Waals surface area contributed by atoms with Gasteiger partial charge in [-0.25, -0.2) is 14.3 Å². The van der Waals surface area contributed by atoms with Gasteiger partial charge in [0.15, 0.2) is 0 Å². The molecule has 1 aromatic rings. The number of carbonyl (C=O) groups is 1. The van der Waals surface area contributed by atoms with Crippen LogP contribution in [0.15, 0.2) is 18.7 Å². The number of aromatic nitrogens is 2. The van der Waals surface area contributed by atoms with Crippen molar-refractivity contribution in [3.63, 3.8) is 0 Å². The molecule has 0 aromatic carbocycles. The molecule has 0 fully saturated rings. The smallest absolute Gasteiger partial charge is 0.419 e. The first kappa shape index (κ1) is 19.9. The Morgan fingerprint density at radius 3 is 2.35 bits per heavy atom. The number of ether oxygens (including phenoxy) is 1. The minimum atomic E-state index is -2.90. The van der Waals surface area contributed by atoms with Crippen LogP contribution in [0.4, 0.5) is 4.79 Å². The van der Waals surface area contributed by atoms with Gasteiger partial charge in [0.1, 0.15) is 6.33 Å². The summed E-state index contributed by atoms with van der Waals surface area (Å²) in [6.45, 7) is 4.83. The summed E-state index contributed by atoms with van der Waals surface area (Å²) in [4.78, 5) is 15.3. The van der Waals surface area contributed by atoms with Gasteiger partial charge in [0.05, 0.1) is 26.0 Å². The third-order valence-corrected chi connectivity index (χ3v) is 5.34. The van der Waals surface area contributed by atoms with E-state index in [9.17, 15) is 9.36 Å². The van der Waals surface area contributed by atoms with E-state index in [2.05, 4.69) is 4.98 Å². The second-order valence-corrected chi connectivity index (χ2v) is 7.21. The number of rotatable bonds is 12. The van der Waals surface area contributed by atoms with Gasteiger partial charge in [-0.15, -0.1) is 0 Å². The molecule has 0 spiro atoms. The molecule has 7 nitrogen and oxygen atoms in total. The third kappa shape index (κ3) is 8.30. The lowest BCUT2D eigenvalue weighted by atomic mass is 10.2. The fourth-order valence-electron chi connectivity index (χ4n) is 2.10. The number of hydrogen-bond donors (Lipinski definition) is 0. The zero-order valence-corrected chi connectivity index (χ0v) is 14.9. The lowest BCUT2D eigenvalue weighted by molar-refractivity contribution is 0.145. The number of hydrogen-bond acceptors (Lipinski definition) is 6. The predicted octanol–water partition coefficient (Wildman–Crippen LogP) is 4.08. The summed E-state index contributed by atoms with van der Waals surface area (Å²) < 4.78 is 29.1. The highest BCUT2D eigenvalue weighted by atomic mass is 31.2. The molecule has 1 heterocycles. The lowest BCUT2D eigenvalue weighted by Gasteiger charge is -2.16. The molecule has 1 rings (SSSR count). The number of unbranched alkanes of at least 4 members (excludes halogenated alkanes) is 4. The van der Waals surface area contributed by atoms with E-state index in [1.165, 1.54) is 17.1 Å². The third-order valence-electron chi connectivity index (χ3n) is 3.17. The second-order valence-electron chi connectivity index (χ2n) is 5.02. The molecule has 0 atom stereocenters. The number of nitrogens with zero attached hydrogens (tertiary/aromatic N) is 2. The Hall–Kier alpha value is -1.17. The molecule has 8 heteroatoms. The molecule has 0 aliphatic carbocycles. The summed E-state index contributed by atoms with van der Waals surface area (Å²) in [7, 11) is -2.90. The molecule has 132 valence electrons. The SMILES string of the molecule is CCOP(=O)(CCCCCCCOC(=O)n1ccnc1)OCC. The van der Waals surface area contributed by atoms with Crippen molar-refractivity contribution < 1.29 is 23.1 Å². The molecule has 0 amide bonds. The molecule has 0 aliphatic heterocycles. The molecule has 23 heavy (non-hydrogen) atoms. The van der Waals surface area contributed by atoms with Crippen molar-refractivity contribution in [2.45, 2.75) is 46.0 Å². The van der Waals surface area contributed by atoms with Gasteiger partial charge in [-0.2, -0.15) is 0 Å². The zero-order chi connectivity index (χ0) is 17.0. The maximum absolute atomic E-state index is 12.2. The van der Waals surface area contributed by atoms with Crippen LogP contribution in [0.25, 0.3) is 0 Å². The van der Waals surface area contributed by atoms with Crippen LogP contribution < -0.4 is 0 Å². The first-order valence-corrected chi connectivity index (χ1v) is 9.87. The van der Waals surface area contributed by atoms with E-state index in [-0.39, 0.29) is 0 Å². The Bertz CT molecular complexity index is 468. The van der Waals surface area contributed by atoms with E-state index in [0.29, 0.717) is 26.0 Å². The van der Waals surface area contributed by atoms with E-state index in [4.69, 9.17) is 13.8 Å². The molecule has 0 bridgehead atoms. The minimum Gasteiger partial charge on any atom is -0.449 e. The molecular weight excluding hydrogens is 319 g/mol. The predicted molar refractivity (Wildman–Crippen MR) is 87.8 cm³/mol. The van der Waals surface area contributed by atoms with E-state index < -0.39 is 13.7 Å². The zero-order valence-electron chi connectivity index (χ0n) is 14.0. The lowest BCUT2D eigenvalue weighted by Crippen LogP contribution is -2.12. The van der Waals surface area contributed by atoms with Gasteiger partial charge >= 0.3 is 13.7 Å². The van der Waals surface area contributed by atoms with Crippen molar-refractivity contribution in [3.8, 4) is 0 Å². The Morgan fingerprint density at radius 2 is 1.74 bits per heavy atom. The average Bonchev–Trinajstić information content (AvgIpc) is 3.04.